The van der Waals surface area contributed by atoms with Gasteiger partial charge in [-0.1, -0.05) is 6.92 Å². The molecule has 0 aliphatic carbocycles. The number of aryl methyl sites for hydroxylation is 1. The lowest BCUT2D eigenvalue weighted by atomic mass is 10.0. The van der Waals surface area contributed by atoms with Crippen molar-refractivity contribution in [3.8, 4) is 5.75 Å². The molecule has 1 aromatic carbocycles. The maximum atomic E-state index is 11.9. The Labute approximate surface area is 141 Å². The lowest BCUT2D eigenvalue weighted by Gasteiger charge is -2.18. The summed E-state index contributed by atoms with van der Waals surface area (Å²) in [4.78, 5) is 25.5. The number of nitrogens with one attached hydrogen (secondary N) is 1. The van der Waals surface area contributed by atoms with Gasteiger partial charge in [-0.15, -0.1) is 0 Å². The second-order valence-corrected chi connectivity index (χ2v) is 6.32. The van der Waals surface area contributed by atoms with Gasteiger partial charge in [-0.3, -0.25) is 9.69 Å². The van der Waals surface area contributed by atoms with Gasteiger partial charge in [-0.25, -0.2) is 4.79 Å². The summed E-state index contributed by atoms with van der Waals surface area (Å²) in [6.07, 6.45) is 0.674. The van der Waals surface area contributed by atoms with E-state index >= 15 is 0 Å². The van der Waals surface area contributed by atoms with Crippen molar-refractivity contribution in [3.63, 3.8) is 0 Å². The highest BCUT2D eigenvalue weighted by molar-refractivity contribution is 5.83. The highest BCUT2D eigenvalue weighted by Crippen LogP contribution is 2.27. The first-order chi connectivity index (χ1) is 11.3. The predicted octanol–water partition coefficient (Wildman–Crippen LogP) is 2.02. The summed E-state index contributed by atoms with van der Waals surface area (Å²) in [6, 6.07) is 4.84. The van der Waals surface area contributed by atoms with Crippen LogP contribution in [0.25, 0.3) is 11.0 Å². The first-order valence-electron chi connectivity index (χ1n) is 8.06. The minimum absolute atomic E-state index is 0.0633. The summed E-state index contributed by atoms with van der Waals surface area (Å²) in [5.41, 5.74) is 1.45. The van der Waals surface area contributed by atoms with Crippen molar-refractivity contribution in [3.05, 3.63) is 39.7 Å². The SMILES string of the molecule is CCc1cc2c(CN(C)CC(=O)NC(C)C)cc(=O)oc2cc1O. The molecule has 1 amide bonds. The van der Waals surface area contributed by atoms with Crippen LogP contribution in [0.1, 0.15) is 31.9 Å². The molecule has 0 unspecified atom stereocenters. The van der Waals surface area contributed by atoms with Gasteiger partial charge in [0.15, 0.2) is 0 Å². The van der Waals surface area contributed by atoms with Crippen LogP contribution < -0.4 is 10.9 Å². The number of hydrogen-bond acceptors (Lipinski definition) is 5. The molecule has 0 bridgehead atoms. The van der Waals surface area contributed by atoms with Gasteiger partial charge in [0, 0.05) is 30.1 Å². The van der Waals surface area contributed by atoms with Crippen LogP contribution in [0.2, 0.25) is 0 Å². The van der Waals surface area contributed by atoms with Crippen LogP contribution in [0, 0.1) is 0 Å². The van der Waals surface area contributed by atoms with E-state index in [1.165, 1.54) is 12.1 Å². The summed E-state index contributed by atoms with van der Waals surface area (Å²) in [5, 5.41) is 13.6. The maximum Gasteiger partial charge on any atom is 0.336 e. The molecule has 0 saturated heterocycles. The van der Waals surface area contributed by atoms with E-state index < -0.39 is 5.63 Å². The lowest BCUT2D eigenvalue weighted by molar-refractivity contribution is -0.122. The Morgan fingerprint density at radius 3 is 2.62 bits per heavy atom. The minimum atomic E-state index is -0.471. The molecule has 0 fully saturated rings. The Morgan fingerprint density at radius 1 is 1.29 bits per heavy atom. The molecule has 0 radical (unpaired) electrons. The van der Waals surface area contributed by atoms with E-state index in [9.17, 15) is 14.7 Å². The number of benzene rings is 1. The summed E-state index contributed by atoms with van der Waals surface area (Å²) in [6.45, 7) is 6.43. The van der Waals surface area contributed by atoms with Gasteiger partial charge in [-0.05, 0) is 44.5 Å². The molecule has 0 spiro atoms. The summed E-state index contributed by atoms with van der Waals surface area (Å²) in [7, 11) is 1.82. The molecule has 2 N–H and O–H groups in total. The molecule has 0 aliphatic rings. The van der Waals surface area contributed by atoms with E-state index in [1.54, 1.807) is 0 Å². The maximum absolute atomic E-state index is 11.9. The molecule has 24 heavy (non-hydrogen) atoms. The Morgan fingerprint density at radius 2 is 2.00 bits per heavy atom. The van der Waals surface area contributed by atoms with Gasteiger partial charge in [-0.2, -0.15) is 0 Å². The van der Waals surface area contributed by atoms with Gasteiger partial charge in [0.2, 0.25) is 5.91 Å². The Hall–Kier alpha value is -2.34. The third kappa shape index (κ3) is 4.35. The number of aromatic hydroxyl groups is 1. The smallest absolute Gasteiger partial charge is 0.336 e. The molecule has 0 aliphatic heterocycles. The predicted molar refractivity (Wildman–Crippen MR) is 93.1 cm³/mol. The third-order valence-electron chi connectivity index (χ3n) is 3.71. The number of fused-ring (bicyclic) bond motifs is 1. The van der Waals surface area contributed by atoms with Crippen LogP contribution in [0.3, 0.4) is 0 Å². The molecule has 0 atom stereocenters. The molecule has 6 heteroatoms. The fourth-order valence-corrected chi connectivity index (χ4v) is 2.68. The number of rotatable bonds is 6. The van der Waals surface area contributed by atoms with Gasteiger partial charge < -0.3 is 14.8 Å². The first kappa shape index (κ1) is 18.0. The number of hydrogen-bond donors (Lipinski definition) is 2. The van der Waals surface area contributed by atoms with Crippen LogP contribution >= 0.6 is 0 Å². The largest absolute Gasteiger partial charge is 0.508 e. The second-order valence-electron chi connectivity index (χ2n) is 6.32. The zero-order valence-corrected chi connectivity index (χ0v) is 14.5. The highest BCUT2D eigenvalue weighted by atomic mass is 16.4. The van der Waals surface area contributed by atoms with E-state index in [2.05, 4.69) is 5.32 Å². The number of carbonyl (C=O) groups excluding carboxylic acids is 1. The fraction of sp³-hybridized carbons (Fsp3) is 0.444. The van der Waals surface area contributed by atoms with Gasteiger partial charge in [0.1, 0.15) is 11.3 Å². The third-order valence-corrected chi connectivity index (χ3v) is 3.71. The molecule has 1 heterocycles. The highest BCUT2D eigenvalue weighted by Gasteiger charge is 2.13. The molecule has 6 nitrogen and oxygen atoms in total. The second kappa shape index (κ2) is 7.49. The van der Waals surface area contributed by atoms with Crippen molar-refractivity contribution in [2.45, 2.75) is 39.8 Å². The number of likely N-dealkylation sites (N-methyl/N-ethyl adjacent to an activating group) is 1. The number of nitrogens with zero attached hydrogens (tertiary/aromatic N) is 1. The minimum Gasteiger partial charge on any atom is -0.508 e. The van der Waals surface area contributed by atoms with Crippen LogP contribution in [0.4, 0.5) is 0 Å². The van der Waals surface area contributed by atoms with Crippen molar-refractivity contribution < 1.29 is 14.3 Å². The normalized spacial score (nSPS) is 11.4. The average Bonchev–Trinajstić information content (AvgIpc) is 2.45. The molecule has 2 aromatic rings. The van der Waals surface area contributed by atoms with Gasteiger partial charge in [0.25, 0.3) is 0 Å². The quantitative estimate of drug-likeness (QED) is 0.791. The Balaban J connectivity index is 2.30. The molecular formula is C18H24N2O4. The topological polar surface area (TPSA) is 82.8 Å². The number of phenols is 1. The molecule has 2 rings (SSSR count). The zero-order chi connectivity index (χ0) is 17.9. The van der Waals surface area contributed by atoms with Crippen LogP contribution in [-0.2, 0) is 17.8 Å². The summed E-state index contributed by atoms with van der Waals surface area (Å²) < 4.78 is 5.18. The Kier molecular flexibility index (Phi) is 5.62. The van der Waals surface area contributed by atoms with Gasteiger partial charge in [0.05, 0.1) is 6.54 Å². The molecule has 1 aromatic heterocycles. The molecule has 130 valence electrons. The van der Waals surface area contributed by atoms with Crippen molar-refractivity contribution in [1.82, 2.24) is 10.2 Å². The lowest BCUT2D eigenvalue weighted by Crippen LogP contribution is -2.38. The number of carbonyl (C=O) groups is 1. The number of phenolic OH excluding ortho intramolecular Hbond substituents is 1. The van der Waals surface area contributed by atoms with E-state index in [0.29, 0.717) is 18.5 Å². The molecule has 0 saturated carbocycles. The van der Waals surface area contributed by atoms with Crippen LogP contribution in [-0.4, -0.2) is 35.5 Å². The van der Waals surface area contributed by atoms with Crippen LogP contribution in [0.15, 0.2) is 27.4 Å². The van der Waals surface area contributed by atoms with Crippen molar-refractivity contribution in [1.29, 1.82) is 0 Å². The fourth-order valence-electron chi connectivity index (χ4n) is 2.68. The van der Waals surface area contributed by atoms with Gasteiger partial charge >= 0.3 is 5.63 Å². The van der Waals surface area contributed by atoms with E-state index in [1.807, 2.05) is 38.8 Å². The summed E-state index contributed by atoms with van der Waals surface area (Å²) >= 11 is 0. The van der Waals surface area contributed by atoms with Crippen molar-refractivity contribution >= 4 is 16.9 Å². The van der Waals surface area contributed by atoms with E-state index in [-0.39, 0.29) is 24.2 Å². The van der Waals surface area contributed by atoms with E-state index in [4.69, 9.17) is 4.42 Å². The molecular weight excluding hydrogens is 308 g/mol. The Bertz CT molecular complexity index is 795. The van der Waals surface area contributed by atoms with Crippen molar-refractivity contribution in [2.24, 2.45) is 0 Å². The van der Waals surface area contributed by atoms with Crippen LogP contribution in [0.5, 0.6) is 5.75 Å². The number of amides is 1. The average molecular weight is 332 g/mol. The van der Waals surface area contributed by atoms with E-state index in [0.717, 1.165) is 16.5 Å². The standard InChI is InChI=1S/C18H24N2O4/c1-5-12-6-14-13(7-18(23)24-16(14)8-15(12)21)9-20(4)10-17(22)19-11(2)3/h6-8,11,21H,5,9-10H2,1-4H3,(H,19,22). The van der Waals surface area contributed by atoms with Crippen molar-refractivity contribution in [2.75, 3.05) is 13.6 Å². The first-order valence-corrected chi connectivity index (χ1v) is 8.06. The summed E-state index contributed by atoms with van der Waals surface area (Å²) in [5.74, 6) is 0.0571. The monoisotopic (exact) mass is 332 g/mol. The zero-order valence-electron chi connectivity index (χ0n) is 14.5.